The Bertz CT molecular complexity index is 571. The summed E-state index contributed by atoms with van der Waals surface area (Å²) in [7, 11) is 3.22. The second kappa shape index (κ2) is 6.10. The zero-order valence-corrected chi connectivity index (χ0v) is 11.6. The first-order valence-corrected chi connectivity index (χ1v) is 6.19. The summed E-state index contributed by atoms with van der Waals surface area (Å²) in [4.78, 5) is 17.6. The minimum Gasteiger partial charge on any atom is -0.464 e. The summed E-state index contributed by atoms with van der Waals surface area (Å²) in [6.07, 6.45) is 1.76. The van der Waals surface area contributed by atoms with Crippen LogP contribution in [0.3, 0.4) is 0 Å². The molecule has 0 spiro atoms. The number of ether oxygens (including phenoxy) is 1. The number of carbonyl (C=O) groups excluding carboxylic acids is 1. The molecule has 0 radical (unpaired) electrons. The predicted octanol–water partition coefficient (Wildman–Crippen LogP) is 1.86. The van der Waals surface area contributed by atoms with Gasteiger partial charge in [0.15, 0.2) is 11.5 Å². The Morgan fingerprint density at radius 2 is 2.05 bits per heavy atom. The molecule has 0 aliphatic carbocycles. The molecule has 2 rings (SSSR count). The number of carbonyl (C=O) groups is 1. The monoisotopic (exact) mass is 272 g/mol. The van der Waals surface area contributed by atoms with Crippen LogP contribution in [-0.4, -0.2) is 35.3 Å². The van der Waals surface area contributed by atoms with E-state index >= 15 is 0 Å². The highest BCUT2D eigenvalue weighted by Crippen LogP contribution is 2.21. The molecule has 0 aromatic carbocycles. The zero-order valence-electron chi connectivity index (χ0n) is 11.6. The minimum absolute atomic E-state index is 0.0504. The third-order valence-corrected chi connectivity index (χ3v) is 3.10. The van der Waals surface area contributed by atoms with Crippen molar-refractivity contribution in [2.75, 3.05) is 19.1 Å². The summed E-state index contributed by atoms with van der Waals surface area (Å²) in [5.74, 6) is 0.167. The van der Waals surface area contributed by atoms with Gasteiger partial charge in [0.1, 0.15) is 0 Å². The third-order valence-electron chi connectivity index (χ3n) is 3.10. The second-order valence-corrected chi connectivity index (χ2v) is 4.31. The van der Waals surface area contributed by atoms with Gasteiger partial charge in [0.2, 0.25) is 0 Å². The van der Waals surface area contributed by atoms with Gasteiger partial charge in [0.05, 0.1) is 18.8 Å². The molecule has 104 valence electrons. The highest BCUT2D eigenvalue weighted by atomic mass is 16.5. The van der Waals surface area contributed by atoms with E-state index in [4.69, 9.17) is 0 Å². The first-order valence-electron chi connectivity index (χ1n) is 6.19. The minimum atomic E-state index is -0.496. The fraction of sp³-hybridized carbons (Fsp3) is 0.286. The van der Waals surface area contributed by atoms with Gasteiger partial charge in [0.25, 0.3) is 0 Å². The summed E-state index contributed by atoms with van der Waals surface area (Å²) in [5.41, 5.74) is 1.13. The van der Waals surface area contributed by atoms with Crippen molar-refractivity contribution in [3.8, 4) is 0 Å². The van der Waals surface area contributed by atoms with E-state index < -0.39 is 5.97 Å². The van der Waals surface area contributed by atoms with E-state index in [1.54, 1.807) is 18.3 Å². The smallest absolute Gasteiger partial charge is 0.358 e. The van der Waals surface area contributed by atoms with Crippen LogP contribution in [0.15, 0.2) is 36.5 Å². The topological polar surface area (TPSA) is 68.2 Å². The molecule has 0 bridgehead atoms. The lowest BCUT2D eigenvalue weighted by Gasteiger charge is -2.24. The average molecular weight is 272 g/mol. The predicted molar refractivity (Wildman–Crippen MR) is 74.4 cm³/mol. The molecule has 2 aromatic rings. The van der Waals surface area contributed by atoms with Crippen LogP contribution in [0.25, 0.3) is 0 Å². The van der Waals surface area contributed by atoms with Crippen molar-refractivity contribution in [2.45, 2.75) is 13.0 Å². The van der Waals surface area contributed by atoms with Crippen molar-refractivity contribution in [3.63, 3.8) is 0 Å². The zero-order chi connectivity index (χ0) is 14.5. The molecule has 6 nitrogen and oxygen atoms in total. The number of esters is 1. The fourth-order valence-electron chi connectivity index (χ4n) is 1.75. The molecule has 20 heavy (non-hydrogen) atoms. The van der Waals surface area contributed by atoms with Gasteiger partial charge in [-0.25, -0.2) is 4.79 Å². The van der Waals surface area contributed by atoms with Gasteiger partial charge >= 0.3 is 5.97 Å². The Morgan fingerprint density at radius 3 is 2.60 bits per heavy atom. The Balaban J connectivity index is 2.17. The molecule has 0 amide bonds. The lowest BCUT2D eigenvalue weighted by Crippen LogP contribution is -2.24. The van der Waals surface area contributed by atoms with E-state index in [0.29, 0.717) is 5.82 Å². The van der Waals surface area contributed by atoms with Crippen molar-refractivity contribution in [1.29, 1.82) is 0 Å². The van der Waals surface area contributed by atoms with Crippen molar-refractivity contribution < 1.29 is 9.53 Å². The van der Waals surface area contributed by atoms with Gasteiger partial charge in [-0.1, -0.05) is 6.07 Å². The highest BCUT2D eigenvalue weighted by Gasteiger charge is 2.16. The molecular formula is C14H16N4O2. The molecule has 2 aromatic heterocycles. The van der Waals surface area contributed by atoms with E-state index in [9.17, 15) is 4.79 Å². The first kappa shape index (κ1) is 13.9. The van der Waals surface area contributed by atoms with Crippen LogP contribution in [0.1, 0.15) is 29.1 Å². The quantitative estimate of drug-likeness (QED) is 0.791. The van der Waals surface area contributed by atoms with Crippen molar-refractivity contribution in [2.24, 2.45) is 0 Å². The van der Waals surface area contributed by atoms with Gasteiger partial charge in [-0.05, 0) is 31.2 Å². The van der Waals surface area contributed by atoms with E-state index in [1.807, 2.05) is 37.1 Å². The van der Waals surface area contributed by atoms with Crippen molar-refractivity contribution in [3.05, 3.63) is 47.9 Å². The molecule has 0 saturated carbocycles. The lowest BCUT2D eigenvalue weighted by molar-refractivity contribution is 0.0592. The Hall–Kier alpha value is -2.50. The van der Waals surface area contributed by atoms with E-state index in [1.165, 1.54) is 7.11 Å². The standard InChI is InChI=1S/C14H16N4O2/c1-10(11-6-4-5-9-15-11)18(2)13-8-7-12(16-17-13)14(19)20-3/h4-10H,1-3H3/t10-/m1/s1. The van der Waals surface area contributed by atoms with Gasteiger partial charge < -0.3 is 9.64 Å². The molecule has 1 atom stereocenters. The summed E-state index contributed by atoms with van der Waals surface area (Å²) < 4.78 is 4.59. The van der Waals surface area contributed by atoms with Gasteiger partial charge in [-0.2, -0.15) is 0 Å². The van der Waals surface area contributed by atoms with Crippen molar-refractivity contribution in [1.82, 2.24) is 15.2 Å². The van der Waals surface area contributed by atoms with Crippen LogP contribution in [0.4, 0.5) is 5.82 Å². The molecule has 0 fully saturated rings. The molecule has 0 aliphatic heterocycles. The summed E-state index contributed by atoms with van der Waals surface area (Å²) in [6, 6.07) is 9.15. The van der Waals surface area contributed by atoms with E-state index in [0.717, 1.165) is 5.69 Å². The van der Waals surface area contributed by atoms with Gasteiger partial charge in [-0.3, -0.25) is 4.98 Å². The summed E-state index contributed by atoms with van der Waals surface area (Å²) in [6.45, 7) is 2.03. The average Bonchev–Trinajstić information content (AvgIpc) is 2.53. The van der Waals surface area contributed by atoms with Crippen molar-refractivity contribution >= 4 is 11.8 Å². The maximum absolute atomic E-state index is 11.3. The first-order chi connectivity index (χ1) is 9.63. The Labute approximate surface area is 117 Å². The van der Waals surface area contributed by atoms with E-state index in [2.05, 4.69) is 19.9 Å². The number of rotatable bonds is 4. The molecule has 0 saturated heterocycles. The van der Waals surface area contributed by atoms with Gasteiger partial charge in [-0.15, -0.1) is 10.2 Å². The van der Waals surface area contributed by atoms with Crippen LogP contribution in [0.5, 0.6) is 0 Å². The van der Waals surface area contributed by atoms with Crippen LogP contribution < -0.4 is 4.90 Å². The SMILES string of the molecule is COC(=O)c1ccc(N(C)[C@H](C)c2ccccn2)nn1. The number of anilines is 1. The van der Waals surface area contributed by atoms with Crippen LogP contribution in [0, 0.1) is 0 Å². The molecule has 0 N–H and O–H groups in total. The number of hydrogen-bond donors (Lipinski definition) is 0. The second-order valence-electron chi connectivity index (χ2n) is 4.31. The largest absolute Gasteiger partial charge is 0.464 e. The number of nitrogens with zero attached hydrogens (tertiary/aromatic N) is 4. The van der Waals surface area contributed by atoms with Gasteiger partial charge in [0, 0.05) is 13.2 Å². The lowest BCUT2D eigenvalue weighted by atomic mass is 10.2. The Morgan fingerprint density at radius 1 is 1.25 bits per heavy atom. The summed E-state index contributed by atoms with van der Waals surface area (Å²) in [5, 5.41) is 7.90. The fourth-order valence-corrected chi connectivity index (χ4v) is 1.75. The number of hydrogen-bond acceptors (Lipinski definition) is 6. The Kier molecular flexibility index (Phi) is 4.24. The van der Waals surface area contributed by atoms with Crippen LogP contribution in [0.2, 0.25) is 0 Å². The normalized spacial score (nSPS) is 11.8. The molecule has 0 unspecified atom stereocenters. The molecule has 6 heteroatoms. The number of methoxy groups -OCH3 is 1. The molecular weight excluding hydrogens is 256 g/mol. The molecule has 0 aliphatic rings. The van der Waals surface area contributed by atoms with Crippen LogP contribution in [-0.2, 0) is 4.74 Å². The maximum atomic E-state index is 11.3. The third kappa shape index (κ3) is 2.90. The summed E-state index contributed by atoms with van der Waals surface area (Å²) >= 11 is 0. The highest BCUT2D eigenvalue weighted by molar-refractivity contribution is 5.86. The number of pyridine rings is 1. The van der Waals surface area contributed by atoms with E-state index in [-0.39, 0.29) is 11.7 Å². The maximum Gasteiger partial charge on any atom is 0.358 e. The molecule has 2 heterocycles. The van der Waals surface area contributed by atoms with Crippen LogP contribution >= 0.6 is 0 Å². The number of aromatic nitrogens is 3.